The zero-order valence-electron chi connectivity index (χ0n) is 11.9. The predicted octanol–water partition coefficient (Wildman–Crippen LogP) is 3.12. The van der Waals surface area contributed by atoms with Crippen molar-refractivity contribution in [3.63, 3.8) is 0 Å². The van der Waals surface area contributed by atoms with E-state index in [1.54, 1.807) is 12.1 Å². The molecule has 0 aliphatic carbocycles. The molecule has 0 amide bonds. The van der Waals surface area contributed by atoms with Gasteiger partial charge in [0.2, 0.25) is 0 Å². The van der Waals surface area contributed by atoms with Gasteiger partial charge in [-0.25, -0.2) is 13.8 Å². The third-order valence-electron chi connectivity index (χ3n) is 3.93. The average molecular weight is 292 g/mol. The van der Waals surface area contributed by atoms with E-state index in [1.807, 2.05) is 6.92 Å². The van der Waals surface area contributed by atoms with E-state index < -0.39 is 11.6 Å². The van der Waals surface area contributed by atoms with E-state index in [0.717, 1.165) is 43.5 Å². The molecule has 21 heavy (non-hydrogen) atoms. The van der Waals surface area contributed by atoms with Gasteiger partial charge in [-0.2, -0.15) is 5.10 Å². The highest BCUT2D eigenvalue weighted by Crippen LogP contribution is 2.30. The van der Waals surface area contributed by atoms with Crippen LogP contribution in [0.4, 0.5) is 8.78 Å². The van der Waals surface area contributed by atoms with Crippen molar-refractivity contribution >= 4 is 0 Å². The molecule has 3 rings (SSSR count). The lowest BCUT2D eigenvalue weighted by molar-refractivity contribution is 0.132. The number of nitrogens with zero attached hydrogens (tertiary/aromatic N) is 3. The van der Waals surface area contributed by atoms with Crippen LogP contribution in [0.2, 0.25) is 0 Å². The minimum atomic E-state index is -0.796. The van der Waals surface area contributed by atoms with E-state index in [4.69, 9.17) is 0 Å². The topological polar surface area (TPSA) is 44.8 Å². The predicted molar refractivity (Wildman–Crippen MR) is 74.5 cm³/mol. The molecule has 2 aromatic rings. The number of H-pyrrole nitrogens is 1. The molecular weight excluding hydrogens is 274 g/mol. The van der Waals surface area contributed by atoms with Gasteiger partial charge in [-0.1, -0.05) is 18.6 Å². The molecule has 1 fully saturated rings. The van der Waals surface area contributed by atoms with E-state index in [0.29, 0.717) is 12.1 Å². The number of aromatic nitrogens is 3. The number of hydrogen-bond acceptors (Lipinski definition) is 3. The molecule has 1 saturated heterocycles. The number of benzene rings is 1. The van der Waals surface area contributed by atoms with Gasteiger partial charge in [-0.3, -0.25) is 10.00 Å². The maximum absolute atomic E-state index is 13.9. The first kappa shape index (κ1) is 14.1. The smallest absolute Gasteiger partial charge is 0.167 e. The van der Waals surface area contributed by atoms with Gasteiger partial charge in [0.1, 0.15) is 5.82 Å². The standard InChI is InChI=1S/C15H18F2N4/c1-10-18-15(20-19-10)13-7-2-3-8-21(13)9-11-5-4-6-12(16)14(11)17/h4-6,13H,2-3,7-9H2,1H3,(H,18,19,20). The molecule has 4 nitrogen and oxygen atoms in total. The number of hydrogen-bond donors (Lipinski definition) is 1. The minimum Gasteiger partial charge on any atom is -0.289 e. The summed E-state index contributed by atoms with van der Waals surface area (Å²) >= 11 is 0. The first-order valence-electron chi connectivity index (χ1n) is 7.21. The fraction of sp³-hybridized carbons (Fsp3) is 0.467. The zero-order chi connectivity index (χ0) is 14.8. The molecule has 1 unspecified atom stereocenters. The lowest BCUT2D eigenvalue weighted by Crippen LogP contribution is -2.34. The molecule has 1 aliphatic heterocycles. The molecule has 1 atom stereocenters. The van der Waals surface area contributed by atoms with Crippen molar-refractivity contribution in [1.82, 2.24) is 20.1 Å². The fourth-order valence-electron chi connectivity index (χ4n) is 2.87. The van der Waals surface area contributed by atoms with Gasteiger partial charge in [0.25, 0.3) is 0 Å². The number of rotatable bonds is 3. The maximum atomic E-state index is 13.9. The Morgan fingerprint density at radius 3 is 2.95 bits per heavy atom. The number of likely N-dealkylation sites (tertiary alicyclic amines) is 1. The third kappa shape index (κ3) is 2.95. The second-order valence-corrected chi connectivity index (χ2v) is 5.47. The van der Waals surface area contributed by atoms with Crippen molar-refractivity contribution < 1.29 is 8.78 Å². The summed E-state index contributed by atoms with van der Waals surface area (Å²) in [4.78, 5) is 6.52. The number of nitrogens with one attached hydrogen (secondary N) is 1. The van der Waals surface area contributed by atoms with Crippen molar-refractivity contribution in [3.8, 4) is 0 Å². The largest absolute Gasteiger partial charge is 0.289 e. The van der Waals surface area contributed by atoms with Crippen LogP contribution in [0.15, 0.2) is 18.2 Å². The molecule has 6 heteroatoms. The summed E-state index contributed by atoms with van der Waals surface area (Å²) < 4.78 is 27.2. The summed E-state index contributed by atoms with van der Waals surface area (Å²) in [6, 6.07) is 4.38. The Kier molecular flexibility index (Phi) is 3.96. The Balaban J connectivity index is 1.83. The number of piperidine rings is 1. The molecule has 0 spiro atoms. The van der Waals surface area contributed by atoms with Crippen LogP contribution in [0.1, 0.15) is 42.5 Å². The van der Waals surface area contributed by atoms with Gasteiger partial charge in [0.05, 0.1) is 6.04 Å². The van der Waals surface area contributed by atoms with Crippen molar-refractivity contribution in [1.29, 1.82) is 0 Å². The summed E-state index contributed by atoms with van der Waals surface area (Å²) in [5, 5.41) is 7.07. The lowest BCUT2D eigenvalue weighted by Gasteiger charge is -2.34. The molecule has 1 N–H and O–H groups in total. The van der Waals surface area contributed by atoms with Gasteiger partial charge < -0.3 is 0 Å². The summed E-state index contributed by atoms with van der Waals surface area (Å²) in [7, 11) is 0. The Morgan fingerprint density at radius 2 is 2.19 bits per heavy atom. The van der Waals surface area contributed by atoms with Crippen LogP contribution in [-0.4, -0.2) is 26.6 Å². The van der Waals surface area contributed by atoms with Gasteiger partial charge in [-0.05, 0) is 32.4 Å². The number of halogens is 2. The maximum Gasteiger partial charge on any atom is 0.167 e. The summed E-state index contributed by atoms with van der Waals surface area (Å²) in [6.07, 6.45) is 3.09. The summed E-state index contributed by atoms with van der Waals surface area (Å²) in [5.74, 6) is -0.0424. The van der Waals surface area contributed by atoms with Crippen LogP contribution in [0.3, 0.4) is 0 Å². The van der Waals surface area contributed by atoms with E-state index >= 15 is 0 Å². The molecule has 1 aliphatic rings. The normalized spacial score (nSPS) is 19.9. The van der Waals surface area contributed by atoms with Crippen molar-refractivity contribution in [2.24, 2.45) is 0 Å². The van der Waals surface area contributed by atoms with Gasteiger partial charge in [0, 0.05) is 12.1 Å². The Hall–Kier alpha value is -1.82. The van der Waals surface area contributed by atoms with Crippen molar-refractivity contribution in [2.45, 2.75) is 38.8 Å². The van der Waals surface area contributed by atoms with Crippen molar-refractivity contribution in [2.75, 3.05) is 6.54 Å². The Bertz CT molecular complexity index is 626. The minimum absolute atomic E-state index is 0.0615. The fourth-order valence-corrected chi connectivity index (χ4v) is 2.87. The van der Waals surface area contributed by atoms with Crippen LogP contribution in [0.25, 0.3) is 0 Å². The Labute approximate surface area is 122 Å². The monoisotopic (exact) mass is 292 g/mol. The average Bonchev–Trinajstić information content (AvgIpc) is 2.91. The highest BCUT2D eigenvalue weighted by Gasteiger charge is 2.27. The highest BCUT2D eigenvalue weighted by atomic mass is 19.2. The van der Waals surface area contributed by atoms with E-state index in [-0.39, 0.29) is 6.04 Å². The molecule has 0 saturated carbocycles. The zero-order valence-corrected chi connectivity index (χ0v) is 11.9. The molecule has 0 radical (unpaired) electrons. The molecule has 1 aromatic carbocycles. The Morgan fingerprint density at radius 1 is 1.33 bits per heavy atom. The molecule has 0 bridgehead atoms. The molecule has 2 heterocycles. The second kappa shape index (κ2) is 5.89. The first-order valence-corrected chi connectivity index (χ1v) is 7.21. The quantitative estimate of drug-likeness (QED) is 0.945. The van der Waals surface area contributed by atoms with E-state index in [2.05, 4.69) is 20.1 Å². The lowest BCUT2D eigenvalue weighted by atomic mass is 10.0. The van der Waals surface area contributed by atoms with E-state index in [1.165, 1.54) is 0 Å². The molecule has 1 aromatic heterocycles. The second-order valence-electron chi connectivity index (χ2n) is 5.47. The highest BCUT2D eigenvalue weighted by molar-refractivity contribution is 5.19. The number of aryl methyl sites for hydroxylation is 1. The van der Waals surface area contributed by atoms with Crippen LogP contribution in [0, 0.1) is 18.6 Å². The van der Waals surface area contributed by atoms with Gasteiger partial charge in [-0.15, -0.1) is 0 Å². The van der Waals surface area contributed by atoms with Crippen LogP contribution in [-0.2, 0) is 6.54 Å². The molecular formula is C15H18F2N4. The summed E-state index contributed by atoms with van der Waals surface area (Å²) in [5.41, 5.74) is 0.383. The van der Waals surface area contributed by atoms with E-state index in [9.17, 15) is 8.78 Å². The first-order chi connectivity index (χ1) is 10.1. The van der Waals surface area contributed by atoms with Crippen LogP contribution in [0.5, 0.6) is 0 Å². The van der Waals surface area contributed by atoms with Crippen LogP contribution >= 0.6 is 0 Å². The molecule has 112 valence electrons. The third-order valence-corrected chi connectivity index (χ3v) is 3.93. The SMILES string of the molecule is Cc1nc(C2CCCCN2Cc2cccc(F)c2F)n[nH]1. The number of aromatic amines is 1. The van der Waals surface area contributed by atoms with Crippen LogP contribution < -0.4 is 0 Å². The van der Waals surface area contributed by atoms with Crippen molar-refractivity contribution in [3.05, 3.63) is 47.0 Å². The summed E-state index contributed by atoms with van der Waals surface area (Å²) in [6.45, 7) is 3.08. The van der Waals surface area contributed by atoms with Gasteiger partial charge in [0.15, 0.2) is 17.5 Å². The van der Waals surface area contributed by atoms with Gasteiger partial charge >= 0.3 is 0 Å².